The maximum atomic E-state index is 12.0. The Kier molecular flexibility index (Phi) is 7.09. The van der Waals surface area contributed by atoms with E-state index in [2.05, 4.69) is 12.2 Å². The maximum absolute atomic E-state index is 12.0. The lowest BCUT2D eigenvalue weighted by atomic mass is 10.1. The van der Waals surface area contributed by atoms with E-state index in [4.69, 9.17) is 10.5 Å². The third-order valence-electron chi connectivity index (χ3n) is 3.17. The van der Waals surface area contributed by atoms with Gasteiger partial charge >= 0.3 is 0 Å². The van der Waals surface area contributed by atoms with Crippen LogP contribution in [0.2, 0.25) is 0 Å². The Balaban J connectivity index is 2.61. The van der Waals surface area contributed by atoms with E-state index in [-0.39, 0.29) is 11.9 Å². The molecule has 112 valence electrons. The van der Waals surface area contributed by atoms with Crippen molar-refractivity contribution in [3.05, 3.63) is 29.8 Å². The van der Waals surface area contributed by atoms with Crippen molar-refractivity contribution in [2.45, 2.75) is 52.2 Å². The number of carbonyl (C=O) groups is 1. The van der Waals surface area contributed by atoms with Gasteiger partial charge in [-0.25, -0.2) is 0 Å². The van der Waals surface area contributed by atoms with Gasteiger partial charge in [-0.2, -0.15) is 0 Å². The van der Waals surface area contributed by atoms with Crippen molar-refractivity contribution >= 4 is 5.91 Å². The third-order valence-corrected chi connectivity index (χ3v) is 3.17. The molecule has 0 saturated heterocycles. The van der Waals surface area contributed by atoms with Gasteiger partial charge in [0.25, 0.3) is 5.91 Å². The first-order valence-corrected chi connectivity index (χ1v) is 7.33. The first-order chi connectivity index (χ1) is 9.58. The van der Waals surface area contributed by atoms with Gasteiger partial charge < -0.3 is 15.8 Å². The molecule has 0 saturated carbocycles. The number of para-hydroxylation sites is 1. The molecule has 3 N–H and O–H groups in total. The van der Waals surface area contributed by atoms with Crippen molar-refractivity contribution in [2.75, 3.05) is 6.54 Å². The van der Waals surface area contributed by atoms with Crippen molar-refractivity contribution in [2.24, 2.45) is 5.73 Å². The summed E-state index contributed by atoms with van der Waals surface area (Å²) in [4.78, 5) is 12.0. The summed E-state index contributed by atoms with van der Waals surface area (Å²) >= 11 is 0. The van der Waals surface area contributed by atoms with Gasteiger partial charge in [0, 0.05) is 6.04 Å². The van der Waals surface area contributed by atoms with Gasteiger partial charge in [-0.15, -0.1) is 0 Å². The minimum absolute atomic E-state index is 0.0755. The molecule has 0 aromatic heterocycles. The highest BCUT2D eigenvalue weighted by Gasteiger charge is 2.17. The van der Waals surface area contributed by atoms with Crippen LogP contribution < -0.4 is 15.8 Å². The number of amides is 1. The van der Waals surface area contributed by atoms with Crippen LogP contribution in [0.1, 0.15) is 39.2 Å². The highest BCUT2D eigenvalue weighted by atomic mass is 16.5. The van der Waals surface area contributed by atoms with Crippen LogP contribution in [0.4, 0.5) is 0 Å². The predicted molar refractivity (Wildman–Crippen MR) is 81.8 cm³/mol. The molecule has 1 aromatic carbocycles. The lowest BCUT2D eigenvalue weighted by Gasteiger charge is -2.19. The van der Waals surface area contributed by atoms with Crippen molar-refractivity contribution in [1.82, 2.24) is 5.32 Å². The molecule has 0 spiro atoms. The Hall–Kier alpha value is -1.55. The van der Waals surface area contributed by atoms with E-state index < -0.39 is 6.10 Å². The number of hydrogen-bond acceptors (Lipinski definition) is 3. The molecule has 0 bridgehead atoms. The minimum atomic E-state index is -0.506. The van der Waals surface area contributed by atoms with E-state index >= 15 is 0 Å². The number of ether oxygens (including phenoxy) is 1. The van der Waals surface area contributed by atoms with E-state index in [1.165, 1.54) is 0 Å². The molecule has 2 unspecified atom stereocenters. The van der Waals surface area contributed by atoms with E-state index in [0.717, 1.165) is 30.6 Å². The van der Waals surface area contributed by atoms with Gasteiger partial charge in [0.15, 0.2) is 6.10 Å². The lowest BCUT2D eigenvalue weighted by molar-refractivity contribution is -0.127. The fraction of sp³-hybridized carbons (Fsp3) is 0.562. The standard InChI is InChI=1S/C16H26N2O2/c1-4-7-12(2)18-16(19)13(3)20-15-9-6-5-8-14(15)10-11-17/h5-6,8-9,12-13H,4,7,10-11,17H2,1-3H3,(H,18,19). The molecule has 0 aliphatic rings. The quantitative estimate of drug-likeness (QED) is 0.766. The van der Waals surface area contributed by atoms with E-state index in [9.17, 15) is 4.79 Å². The highest BCUT2D eigenvalue weighted by molar-refractivity contribution is 5.81. The Labute approximate surface area is 121 Å². The number of benzene rings is 1. The summed E-state index contributed by atoms with van der Waals surface area (Å²) in [5.74, 6) is 0.664. The molecule has 0 aliphatic carbocycles. The fourth-order valence-electron chi connectivity index (χ4n) is 2.09. The Bertz CT molecular complexity index is 421. The van der Waals surface area contributed by atoms with Gasteiger partial charge in [0.2, 0.25) is 0 Å². The Morgan fingerprint density at radius 2 is 2.05 bits per heavy atom. The number of nitrogens with two attached hydrogens (primary N) is 1. The van der Waals surface area contributed by atoms with Crippen LogP contribution in [0.5, 0.6) is 5.75 Å². The molecule has 0 aliphatic heterocycles. The van der Waals surface area contributed by atoms with Crippen LogP contribution in [-0.4, -0.2) is 24.6 Å². The topological polar surface area (TPSA) is 64.3 Å². The average Bonchev–Trinajstić information content (AvgIpc) is 2.41. The summed E-state index contributed by atoms with van der Waals surface area (Å²) in [6.07, 6.45) is 2.27. The van der Waals surface area contributed by atoms with Crippen molar-refractivity contribution in [1.29, 1.82) is 0 Å². The number of hydrogen-bond donors (Lipinski definition) is 2. The summed E-state index contributed by atoms with van der Waals surface area (Å²) < 4.78 is 5.77. The summed E-state index contributed by atoms with van der Waals surface area (Å²) in [7, 11) is 0. The molecule has 4 heteroatoms. The second-order valence-corrected chi connectivity index (χ2v) is 5.10. The normalized spacial score (nSPS) is 13.6. The van der Waals surface area contributed by atoms with Crippen LogP contribution in [0, 0.1) is 0 Å². The second-order valence-electron chi connectivity index (χ2n) is 5.10. The predicted octanol–water partition coefficient (Wildman–Crippen LogP) is 2.26. The summed E-state index contributed by atoms with van der Waals surface area (Å²) in [5.41, 5.74) is 6.62. The zero-order valence-electron chi connectivity index (χ0n) is 12.7. The van der Waals surface area contributed by atoms with Gasteiger partial charge in [0.05, 0.1) is 0 Å². The Morgan fingerprint density at radius 3 is 2.70 bits per heavy atom. The van der Waals surface area contributed by atoms with Crippen LogP contribution in [0.15, 0.2) is 24.3 Å². The summed E-state index contributed by atoms with van der Waals surface area (Å²) in [5, 5.41) is 2.96. The Morgan fingerprint density at radius 1 is 1.35 bits per heavy atom. The van der Waals surface area contributed by atoms with E-state index in [1.807, 2.05) is 31.2 Å². The van der Waals surface area contributed by atoms with Crippen LogP contribution in [0.25, 0.3) is 0 Å². The molecule has 1 rings (SSSR count). The molecule has 1 aromatic rings. The smallest absolute Gasteiger partial charge is 0.260 e. The SMILES string of the molecule is CCCC(C)NC(=O)C(C)Oc1ccccc1CCN. The number of nitrogens with one attached hydrogen (secondary N) is 1. The van der Waals surface area contributed by atoms with Crippen LogP contribution in [-0.2, 0) is 11.2 Å². The number of rotatable bonds is 8. The molecule has 0 heterocycles. The monoisotopic (exact) mass is 278 g/mol. The van der Waals surface area contributed by atoms with Gasteiger partial charge in [-0.3, -0.25) is 4.79 Å². The van der Waals surface area contributed by atoms with Gasteiger partial charge in [-0.05, 0) is 44.9 Å². The van der Waals surface area contributed by atoms with Crippen molar-refractivity contribution in [3.8, 4) is 5.75 Å². The lowest BCUT2D eigenvalue weighted by Crippen LogP contribution is -2.41. The van der Waals surface area contributed by atoms with Gasteiger partial charge in [0.1, 0.15) is 5.75 Å². The molecule has 0 fully saturated rings. The fourth-order valence-corrected chi connectivity index (χ4v) is 2.09. The number of carbonyl (C=O) groups excluding carboxylic acids is 1. The molecule has 20 heavy (non-hydrogen) atoms. The summed E-state index contributed by atoms with van der Waals surface area (Å²) in [6.45, 7) is 6.45. The maximum Gasteiger partial charge on any atom is 0.260 e. The molecular weight excluding hydrogens is 252 g/mol. The molecule has 1 amide bonds. The van der Waals surface area contributed by atoms with Crippen LogP contribution in [0.3, 0.4) is 0 Å². The van der Waals surface area contributed by atoms with Crippen molar-refractivity contribution < 1.29 is 9.53 Å². The van der Waals surface area contributed by atoms with Crippen LogP contribution >= 0.6 is 0 Å². The van der Waals surface area contributed by atoms with E-state index in [1.54, 1.807) is 6.92 Å². The zero-order chi connectivity index (χ0) is 15.0. The third kappa shape index (κ3) is 5.21. The molecule has 0 radical (unpaired) electrons. The minimum Gasteiger partial charge on any atom is -0.481 e. The average molecular weight is 278 g/mol. The molecule has 4 nitrogen and oxygen atoms in total. The van der Waals surface area contributed by atoms with Crippen molar-refractivity contribution in [3.63, 3.8) is 0 Å². The summed E-state index contributed by atoms with van der Waals surface area (Å²) in [6, 6.07) is 7.89. The first-order valence-electron chi connectivity index (χ1n) is 7.33. The highest BCUT2D eigenvalue weighted by Crippen LogP contribution is 2.19. The first kappa shape index (κ1) is 16.5. The molecule has 2 atom stereocenters. The second kappa shape index (κ2) is 8.59. The van der Waals surface area contributed by atoms with E-state index in [0.29, 0.717) is 6.54 Å². The molecular formula is C16H26N2O2. The van der Waals surface area contributed by atoms with Gasteiger partial charge in [-0.1, -0.05) is 31.5 Å². The largest absolute Gasteiger partial charge is 0.481 e. The zero-order valence-corrected chi connectivity index (χ0v) is 12.7.